The number of fused-ring (bicyclic) bond motifs is 3. The molecular formula is C21H32N4OS2. The van der Waals surface area contributed by atoms with Crippen LogP contribution >= 0.6 is 23.1 Å². The largest absolute Gasteiger partial charge is 0.369 e. The van der Waals surface area contributed by atoms with E-state index < -0.39 is 0 Å². The zero-order valence-corrected chi connectivity index (χ0v) is 19.2. The number of aromatic nitrogens is 2. The van der Waals surface area contributed by atoms with Crippen molar-refractivity contribution in [3.63, 3.8) is 0 Å². The molecule has 0 spiro atoms. The second-order valence-corrected chi connectivity index (χ2v) is 10.2. The minimum atomic E-state index is -0.0746. The van der Waals surface area contributed by atoms with Crippen LogP contribution in [0.5, 0.6) is 0 Å². The first kappa shape index (κ1) is 20.4. The normalized spacial score (nSPS) is 23.4. The number of nitrogens with zero attached hydrogens (tertiary/aromatic N) is 4. The van der Waals surface area contributed by atoms with Gasteiger partial charge >= 0.3 is 0 Å². The van der Waals surface area contributed by atoms with Crippen molar-refractivity contribution < 1.29 is 4.74 Å². The van der Waals surface area contributed by atoms with Gasteiger partial charge in [0.1, 0.15) is 10.6 Å². The van der Waals surface area contributed by atoms with Crippen molar-refractivity contribution in [2.24, 2.45) is 0 Å². The summed E-state index contributed by atoms with van der Waals surface area (Å²) in [6.45, 7) is 15.1. The van der Waals surface area contributed by atoms with Crippen molar-refractivity contribution in [2.45, 2.75) is 64.3 Å². The molecule has 2 aromatic rings. The summed E-state index contributed by atoms with van der Waals surface area (Å²) in [5.74, 6) is 2.23. The van der Waals surface area contributed by atoms with Crippen molar-refractivity contribution in [1.29, 1.82) is 0 Å². The van der Waals surface area contributed by atoms with E-state index in [0.29, 0.717) is 6.61 Å². The van der Waals surface area contributed by atoms with Crippen molar-refractivity contribution in [3.8, 4) is 0 Å². The molecule has 4 rings (SSSR count). The first-order valence-electron chi connectivity index (χ1n) is 10.6. The minimum Gasteiger partial charge on any atom is -0.369 e. The maximum Gasteiger partial charge on any atom is 0.190 e. The summed E-state index contributed by atoms with van der Waals surface area (Å²) in [6.07, 6.45) is 3.13. The maximum absolute atomic E-state index is 6.22. The fourth-order valence-electron chi connectivity index (χ4n) is 4.02. The van der Waals surface area contributed by atoms with Crippen LogP contribution in [0.1, 0.15) is 51.0 Å². The fourth-order valence-corrected chi connectivity index (χ4v) is 5.87. The molecule has 0 bridgehead atoms. The van der Waals surface area contributed by atoms with E-state index in [1.807, 2.05) is 11.3 Å². The average Bonchev–Trinajstić information content (AvgIpc) is 3.09. The number of anilines is 1. The van der Waals surface area contributed by atoms with E-state index in [-0.39, 0.29) is 5.60 Å². The Balaban J connectivity index is 1.77. The number of piperazine rings is 1. The molecule has 0 aromatic carbocycles. The molecule has 2 aliphatic heterocycles. The monoisotopic (exact) mass is 420 g/mol. The van der Waals surface area contributed by atoms with Gasteiger partial charge < -0.3 is 14.5 Å². The van der Waals surface area contributed by atoms with Crippen LogP contribution in [0.15, 0.2) is 5.16 Å². The number of thiophene rings is 1. The maximum atomic E-state index is 6.22. The second-order valence-electron chi connectivity index (χ2n) is 8.05. The van der Waals surface area contributed by atoms with Crippen molar-refractivity contribution >= 4 is 39.1 Å². The lowest BCUT2D eigenvalue weighted by Crippen LogP contribution is -2.46. The molecule has 1 atom stereocenters. The highest BCUT2D eigenvalue weighted by atomic mass is 32.2. The summed E-state index contributed by atoms with van der Waals surface area (Å²) in [5.41, 5.74) is 1.37. The quantitative estimate of drug-likeness (QED) is 0.503. The van der Waals surface area contributed by atoms with Gasteiger partial charge in [-0.2, -0.15) is 0 Å². The Hall–Kier alpha value is -0.890. The summed E-state index contributed by atoms with van der Waals surface area (Å²) in [7, 11) is 0. The van der Waals surface area contributed by atoms with E-state index in [0.717, 1.165) is 73.5 Å². The molecule has 5 nitrogen and oxygen atoms in total. The molecule has 2 aromatic heterocycles. The minimum absolute atomic E-state index is 0.0746. The van der Waals surface area contributed by atoms with Crippen LogP contribution < -0.4 is 4.90 Å². The molecule has 7 heteroatoms. The van der Waals surface area contributed by atoms with Crippen LogP contribution in [0.3, 0.4) is 0 Å². The van der Waals surface area contributed by atoms with Gasteiger partial charge in [-0.15, -0.1) is 11.3 Å². The summed E-state index contributed by atoms with van der Waals surface area (Å²) in [6, 6.07) is 0. The van der Waals surface area contributed by atoms with E-state index >= 15 is 0 Å². The summed E-state index contributed by atoms with van der Waals surface area (Å²) >= 11 is 3.60. The molecule has 0 aliphatic carbocycles. The van der Waals surface area contributed by atoms with Crippen LogP contribution in [0.25, 0.3) is 10.2 Å². The van der Waals surface area contributed by atoms with Crippen LogP contribution in [-0.4, -0.2) is 58.9 Å². The number of rotatable bonds is 6. The lowest BCUT2D eigenvalue weighted by Gasteiger charge is -2.36. The number of thioether (sulfide) groups is 1. The first-order chi connectivity index (χ1) is 13.6. The van der Waals surface area contributed by atoms with Gasteiger partial charge in [-0.3, -0.25) is 0 Å². The fraction of sp³-hybridized carbons (Fsp3) is 0.714. The van der Waals surface area contributed by atoms with E-state index in [9.17, 15) is 0 Å². The third kappa shape index (κ3) is 3.91. The standard InChI is InChI=1S/C21H32N4OS2/c1-5-12-27-20-22-18(25-10-8-24(7-3)9-11-25)17-15-13-21(4,6-2)26-14-16(15)28-19(17)23-20/h5-14H2,1-4H3/t21-/m1/s1. The van der Waals surface area contributed by atoms with E-state index in [4.69, 9.17) is 14.7 Å². The molecule has 1 fully saturated rings. The molecule has 1 saturated heterocycles. The lowest BCUT2D eigenvalue weighted by molar-refractivity contribution is -0.0543. The van der Waals surface area contributed by atoms with Gasteiger partial charge in [0, 0.05) is 43.2 Å². The van der Waals surface area contributed by atoms with Crippen LogP contribution in [0, 0.1) is 0 Å². The van der Waals surface area contributed by atoms with E-state index in [1.54, 1.807) is 11.8 Å². The molecule has 0 radical (unpaired) electrons. The highest BCUT2D eigenvalue weighted by Gasteiger charge is 2.34. The Bertz CT molecular complexity index is 831. The van der Waals surface area contributed by atoms with Gasteiger partial charge in [-0.25, -0.2) is 9.97 Å². The Labute approximate surface area is 176 Å². The van der Waals surface area contributed by atoms with Gasteiger partial charge in [-0.1, -0.05) is 32.5 Å². The number of hydrogen-bond acceptors (Lipinski definition) is 7. The molecular weight excluding hydrogens is 388 g/mol. The Morgan fingerprint density at radius 2 is 1.93 bits per heavy atom. The Morgan fingerprint density at radius 3 is 2.61 bits per heavy atom. The van der Waals surface area contributed by atoms with Crippen LogP contribution in [0.2, 0.25) is 0 Å². The highest BCUT2D eigenvalue weighted by molar-refractivity contribution is 7.99. The lowest BCUT2D eigenvalue weighted by atomic mass is 9.90. The topological polar surface area (TPSA) is 41.5 Å². The predicted molar refractivity (Wildman–Crippen MR) is 120 cm³/mol. The molecule has 0 N–H and O–H groups in total. The van der Waals surface area contributed by atoms with Gasteiger partial charge in [-0.05, 0) is 31.9 Å². The van der Waals surface area contributed by atoms with Gasteiger partial charge in [0.25, 0.3) is 0 Å². The zero-order valence-electron chi connectivity index (χ0n) is 17.6. The first-order valence-corrected chi connectivity index (χ1v) is 12.4. The smallest absolute Gasteiger partial charge is 0.190 e. The molecule has 154 valence electrons. The predicted octanol–water partition coefficient (Wildman–Crippen LogP) is 4.58. The number of ether oxygens (including phenoxy) is 1. The van der Waals surface area contributed by atoms with Gasteiger partial charge in [0.2, 0.25) is 0 Å². The number of likely N-dealkylation sites (N-methyl/N-ethyl adjacent to an activating group) is 1. The van der Waals surface area contributed by atoms with Crippen molar-refractivity contribution in [3.05, 3.63) is 10.4 Å². The zero-order chi connectivity index (χ0) is 19.7. The van der Waals surface area contributed by atoms with Gasteiger partial charge in [0.05, 0.1) is 17.6 Å². The molecule has 4 heterocycles. The summed E-state index contributed by atoms with van der Waals surface area (Å²) in [4.78, 5) is 17.6. The summed E-state index contributed by atoms with van der Waals surface area (Å²) < 4.78 is 6.22. The molecule has 28 heavy (non-hydrogen) atoms. The molecule has 0 amide bonds. The molecule has 0 unspecified atom stereocenters. The third-order valence-corrected chi connectivity index (χ3v) is 8.25. The highest BCUT2D eigenvalue weighted by Crippen LogP contribution is 2.43. The molecule has 2 aliphatic rings. The van der Waals surface area contributed by atoms with Crippen molar-refractivity contribution in [2.75, 3.05) is 43.4 Å². The van der Waals surface area contributed by atoms with Crippen LogP contribution in [-0.2, 0) is 17.8 Å². The SMILES string of the molecule is CCCSc1nc(N2CCN(CC)CC2)c2c3c(sc2n1)CO[C@](C)(CC)C3. The Kier molecular flexibility index (Phi) is 6.16. The van der Waals surface area contributed by atoms with Crippen molar-refractivity contribution in [1.82, 2.24) is 14.9 Å². The second kappa shape index (κ2) is 8.46. The summed E-state index contributed by atoms with van der Waals surface area (Å²) in [5, 5.41) is 2.23. The van der Waals surface area contributed by atoms with E-state index in [1.165, 1.54) is 15.8 Å². The molecule has 0 saturated carbocycles. The van der Waals surface area contributed by atoms with Gasteiger partial charge in [0.15, 0.2) is 5.16 Å². The Morgan fingerprint density at radius 1 is 1.14 bits per heavy atom. The average molecular weight is 421 g/mol. The number of hydrogen-bond donors (Lipinski definition) is 0. The van der Waals surface area contributed by atoms with Crippen LogP contribution in [0.4, 0.5) is 5.82 Å². The third-order valence-electron chi connectivity index (χ3n) is 6.10. The van der Waals surface area contributed by atoms with E-state index in [2.05, 4.69) is 37.5 Å².